The zero-order chi connectivity index (χ0) is 6.85. The largest absolute Gasteiger partial charge is 0.447 e. The van der Waals surface area contributed by atoms with Gasteiger partial charge in [-0.3, -0.25) is 9.69 Å². The number of carbonyl (C=O) groups excluding carboxylic acids is 2. The Balaban J connectivity index is 2.60. The van der Waals surface area contributed by atoms with Gasteiger partial charge in [0.05, 0.1) is 6.54 Å². The number of rotatable bonds is 0. The first-order valence-corrected chi connectivity index (χ1v) is 2.45. The van der Waals surface area contributed by atoms with Crippen LogP contribution in [0.5, 0.6) is 0 Å². The van der Waals surface area contributed by atoms with Gasteiger partial charge in [0.2, 0.25) is 7.85 Å². The van der Waals surface area contributed by atoms with Crippen molar-refractivity contribution in [2.45, 2.75) is 0 Å². The van der Waals surface area contributed by atoms with E-state index in [1.807, 2.05) is 0 Å². The van der Waals surface area contributed by atoms with Crippen molar-refractivity contribution in [1.29, 1.82) is 0 Å². The van der Waals surface area contributed by atoms with E-state index in [1.54, 1.807) is 0 Å². The van der Waals surface area contributed by atoms with Gasteiger partial charge in [0.25, 0.3) is 0 Å². The molecule has 1 fully saturated rings. The fraction of sp³-hybridized carbons (Fsp3) is 0.500. The summed E-state index contributed by atoms with van der Waals surface area (Å²) in [5.41, 5.74) is 0. The van der Waals surface area contributed by atoms with E-state index >= 15 is 0 Å². The smallest absolute Gasteiger partial charge is 0.415 e. The van der Waals surface area contributed by atoms with E-state index in [9.17, 15) is 9.59 Å². The summed E-state index contributed by atoms with van der Waals surface area (Å²) in [7, 11) is 4.77. The molecule has 1 heterocycles. The van der Waals surface area contributed by atoms with Crippen LogP contribution in [0, 0.1) is 0 Å². The molecular formula is C4H4BNO3. The topological polar surface area (TPSA) is 46.6 Å². The number of ether oxygens (including phenoxy) is 1. The Hall–Kier alpha value is -0.995. The molecule has 1 rings (SSSR count). The number of cyclic esters (lactones) is 1. The van der Waals surface area contributed by atoms with Gasteiger partial charge in [-0.05, 0) is 0 Å². The van der Waals surface area contributed by atoms with Crippen LogP contribution in [0.15, 0.2) is 0 Å². The molecule has 2 radical (unpaired) electrons. The Morgan fingerprint density at radius 3 is 2.67 bits per heavy atom. The third-order valence-corrected chi connectivity index (χ3v) is 1.03. The Labute approximate surface area is 53.2 Å². The second-order valence-corrected chi connectivity index (χ2v) is 1.60. The maximum absolute atomic E-state index is 10.4. The number of amides is 2. The number of hydrogen-bond acceptors (Lipinski definition) is 3. The van der Waals surface area contributed by atoms with Crippen molar-refractivity contribution in [3.8, 4) is 0 Å². The standard InChI is InChI=1S/C4H4BNO3/c5-3(7)6-1-2-9-4(6)8/h1-2H2. The van der Waals surface area contributed by atoms with Gasteiger partial charge in [-0.1, -0.05) is 0 Å². The van der Waals surface area contributed by atoms with Crippen LogP contribution in [0.25, 0.3) is 0 Å². The van der Waals surface area contributed by atoms with Gasteiger partial charge in [-0.15, -0.1) is 0 Å². The molecule has 0 aromatic carbocycles. The molecule has 0 spiro atoms. The van der Waals surface area contributed by atoms with Crippen molar-refractivity contribution in [1.82, 2.24) is 4.90 Å². The number of nitrogens with zero attached hydrogens (tertiary/aromatic N) is 1. The van der Waals surface area contributed by atoms with Crippen LogP contribution in [-0.4, -0.2) is 37.8 Å². The molecule has 1 aliphatic rings. The highest BCUT2D eigenvalue weighted by Gasteiger charge is 2.24. The lowest BCUT2D eigenvalue weighted by Gasteiger charge is -2.05. The normalized spacial score (nSPS) is 17.8. The Kier molecular flexibility index (Phi) is 1.42. The molecule has 0 aromatic heterocycles. The van der Waals surface area contributed by atoms with Crippen molar-refractivity contribution in [2.75, 3.05) is 13.2 Å². The first-order valence-electron chi connectivity index (χ1n) is 2.45. The Bertz CT molecular complexity index is 158. The predicted molar refractivity (Wildman–Crippen MR) is 29.2 cm³/mol. The van der Waals surface area contributed by atoms with Gasteiger partial charge in [-0.2, -0.15) is 0 Å². The summed E-state index contributed by atoms with van der Waals surface area (Å²) in [5, 5.41) is 0. The van der Waals surface area contributed by atoms with E-state index in [0.717, 1.165) is 4.90 Å². The number of hydrogen-bond donors (Lipinski definition) is 0. The van der Waals surface area contributed by atoms with Gasteiger partial charge < -0.3 is 4.74 Å². The third kappa shape index (κ3) is 1.04. The predicted octanol–water partition coefficient (Wildman–Crippen LogP) is -0.273. The highest BCUT2D eigenvalue weighted by molar-refractivity contribution is 6.58. The summed E-state index contributed by atoms with van der Waals surface area (Å²) < 4.78 is 4.41. The van der Waals surface area contributed by atoms with E-state index in [1.165, 1.54) is 0 Å². The van der Waals surface area contributed by atoms with E-state index in [0.29, 0.717) is 0 Å². The summed E-state index contributed by atoms with van der Waals surface area (Å²) in [6.07, 6.45) is -0.650. The molecule has 0 atom stereocenters. The van der Waals surface area contributed by atoms with Gasteiger partial charge in [0.15, 0.2) is 5.81 Å². The summed E-state index contributed by atoms with van der Waals surface area (Å²) >= 11 is 0. The highest BCUT2D eigenvalue weighted by atomic mass is 16.6. The molecule has 5 heteroatoms. The lowest BCUT2D eigenvalue weighted by atomic mass is 10.1. The molecule has 0 N–H and O–H groups in total. The molecular weight excluding hydrogens is 121 g/mol. The van der Waals surface area contributed by atoms with Crippen molar-refractivity contribution in [3.05, 3.63) is 0 Å². The third-order valence-electron chi connectivity index (χ3n) is 1.03. The minimum atomic E-state index is -0.752. The van der Waals surface area contributed by atoms with Gasteiger partial charge in [-0.25, -0.2) is 4.79 Å². The monoisotopic (exact) mass is 125 g/mol. The molecule has 0 aromatic rings. The zero-order valence-electron chi connectivity index (χ0n) is 4.66. The molecule has 0 bridgehead atoms. The minimum Gasteiger partial charge on any atom is -0.447 e. The van der Waals surface area contributed by atoms with E-state index in [-0.39, 0.29) is 13.2 Å². The van der Waals surface area contributed by atoms with Gasteiger partial charge in [0.1, 0.15) is 6.61 Å². The molecule has 46 valence electrons. The average Bonchev–Trinajstić information content (AvgIpc) is 2.13. The van der Waals surface area contributed by atoms with Crippen LogP contribution in [0.2, 0.25) is 0 Å². The lowest BCUT2D eigenvalue weighted by Crippen LogP contribution is -2.30. The Morgan fingerprint density at radius 1 is 1.78 bits per heavy atom. The molecule has 4 nitrogen and oxygen atoms in total. The van der Waals surface area contributed by atoms with Crippen LogP contribution in [0.4, 0.5) is 9.59 Å². The Morgan fingerprint density at radius 2 is 2.44 bits per heavy atom. The number of imide groups is 1. The second-order valence-electron chi connectivity index (χ2n) is 1.60. The quantitative estimate of drug-likeness (QED) is 0.418. The van der Waals surface area contributed by atoms with Crippen molar-refractivity contribution in [3.63, 3.8) is 0 Å². The van der Waals surface area contributed by atoms with E-state index in [4.69, 9.17) is 7.85 Å². The first kappa shape index (κ1) is 6.13. The summed E-state index contributed by atoms with van der Waals surface area (Å²) in [4.78, 5) is 21.5. The molecule has 0 saturated carbocycles. The number of carbonyl (C=O) groups is 2. The first-order chi connectivity index (χ1) is 4.22. The zero-order valence-corrected chi connectivity index (χ0v) is 4.66. The van der Waals surface area contributed by atoms with Crippen LogP contribution in [-0.2, 0) is 4.74 Å². The average molecular weight is 125 g/mol. The van der Waals surface area contributed by atoms with Crippen molar-refractivity contribution < 1.29 is 14.3 Å². The fourth-order valence-electron chi connectivity index (χ4n) is 0.594. The second kappa shape index (κ2) is 2.09. The lowest BCUT2D eigenvalue weighted by molar-refractivity contribution is 0.163. The minimum absolute atomic E-state index is 0.252. The van der Waals surface area contributed by atoms with E-state index in [2.05, 4.69) is 4.74 Å². The van der Waals surface area contributed by atoms with Crippen LogP contribution < -0.4 is 0 Å². The van der Waals surface area contributed by atoms with Crippen LogP contribution in [0.3, 0.4) is 0 Å². The molecule has 0 unspecified atom stereocenters. The van der Waals surface area contributed by atoms with Crippen molar-refractivity contribution >= 4 is 19.7 Å². The molecule has 1 saturated heterocycles. The maximum atomic E-state index is 10.4. The fourth-order valence-corrected chi connectivity index (χ4v) is 0.594. The molecule has 1 aliphatic heterocycles. The SMILES string of the molecule is [B]C(=O)N1CCOC1=O. The maximum Gasteiger partial charge on any atom is 0.415 e. The van der Waals surface area contributed by atoms with Crippen LogP contribution >= 0.6 is 0 Å². The summed E-state index contributed by atoms with van der Waals surface area (Å²) in [6.45, 7) is 0.524. The molecule has 9 heavy (non-hydrogen) atoms. The van der Waals surface area contributed by atoms with Gasteiger partial charge in [0, 0.05) is 0 Å². The van der Waals surface area contributed by atoms with Crippen LogP contribution in [0.1, 0.15) is 0 Å². The highest BCUT2D eigenvalue weighted by Crippen LogP contribution is 2.01. The molecule has 2 amide bonds. The summed E-state index contributed by atoms with van der Waals surface area (Å²) in [6, 6.07) is 0. The molecule has 0 aliphatic carbocycles. The van der Waals surface area contributed by atoms with Crippen molar-refractivity contribution in [2.24, 2.45) is 0 Å². The van der Waals surface area contributed by atoms with Gasteiger partial charge >= 0.3 is 6.09 Å². The van der Waals surface area contributed by atoms with E-state index < -0.39 is 11.9 Å². The summed E-state index contributed by atoms with van der Waals surface area (Å²) in [5.74, 6) is -0.752.